The van der Waals surface area contributed by atoms with Crippen LogP contribution in [0.1, 0.15) is 5.69 Å². The molecule has 0 unspecified atom stereocenters. The van der Waals surface area contributed by atoms with Crippen LogP contribution in [0.15, 0.2) is 35.4 Å². The highest BCUT2D eigenvalue weighted by atomic mass is 16.3. The van der Waals surface area contributed by atoms with Crippen LogP contribution in [0.3, 0.4) is 0 Å². The van der Waals surface area contributed by atoms with E-state index in [-0.39, 0.29) is 11.6 Å². The molecule has 0 fully saturated rings. The maximum absolute atomic E-state index is 11.2. The summed E-state index contributed by atoms with van der Waals surface area (Å²) in [7, 11) is 0. The first-order valence-electron chi connectivity index (χ1n) is 4.14. The maximum atomic E-state index is 11.2. The topological polar surface area (TPSA) is 70.9 Å². The van der Waals surface area contributed by atoms with Crippen molar-refractivity contribution in [3.63, 3.8) is 0 Å². The quantitative estimate of drug-likeness (QED) is 0.718. The zero-order valence-electron chi connectivity index (χ0n) is 7.34. The van der Waals surface area contributed by atoms with Crippen LogP contribution in [0.4, 0.5) is 0 Å². The van der Waals surface area contributed by atoms with Crippen molar-refractivity contribution in [3.8, 4) is 5.88 Å². The van der Waals surface area contributed by atoms with Gasteiger partial charge in [-0.05, 0) is 12.1 Å². The van der Waals surface area contributed by atoms with E-state index in [0.29, 0.717) is 6.54 Å². The first kappa shape index (κ1) is 8.55. The Balaban J connectivity index is 2.28. The second-order valence-corrected chi connectivity index (χ2v) is 2.89. The lowest BCUT2D eigenvalue weighted by atomic mass is 10.3. The summed E-state index contributed by atoms with van der Waals surface area (Å²) in [6.45, 7) is 0.358. The van der Waals surface area contributed by atoms with Gasteiger partial charge in [0, 0.05) is 6.20 Å². The van der Waals surface area contributed by atoms with Crippen LogP contribution in [0, 0.1) is 0 Å². The second kappa shape index (κ2) is 3.37. The Labute approximate surface area is 79.7 Å². The molecule has 2 heterocycles. The molecule has 0 aliphatic rings. The van der Waals surface area contributed by atoms with E-state index in [1.54, 1.807) is 12.3 Å². The Morgan fingerprint density at radius 3 is 2.93 bits per heavy atom. The molecular weight excluding hydrogens is 182 g/mol. The van der Waals surface area contributed by atoms with Crippen LogP contribution in [0.5, 0.6) is 5.88 Å². The minimum absolute atomic E-state index is 0.133. The third kappa shape index (κ3) is 1.66. The fourth-order valence-corrected chi connectivity index (χ4v) is 1.20. The molecule has 0 radical (unpaired) electrons. The van der Waals surface area contributed by atoms with Gasteiger partial charge < -0.3 is 5.11 Å². The molecule has 2 aromatic rings. The molecule has 0 aromatic carbocycles. The highest BCUT2D eigenvalue weighted by Crippen LogP contribution is 2.01. The van der Waals surface area contributed by atoms with Gasteiger partial charge >= 0.3 is 5.69 Å². The summed E-state index contributed by atoms with van der Waals surface area (Å²) in [5.41, 5.74) is 0.432. The van der Waals surface area contributed by atoms with Gasteiger partial charge in [0.1, 0.15) is 0 Å². The number of nitrogens with zero attached hydrogens (tertiary/aromatic N) is 2. The lowest BCUT2D eigenvalue weighted by Crippen LogP contribution is -2.17. The smallest absolute Gasteiger partial charge is 0.328 e. The van der Waals surface area contributed by atoms with Gasteiger partial charge in [-0.3, -0.25) is 14.5 Å². The Bertz CT molecular complexity index is 472. The van der Waals surface area contributed by atoms with Gasteiger partial charge in [0.05, 0.1) is 18.4 Å². The van der Waals surface area contributed by atoms with Gasteiger partial charge in [0.15, 0.2) is 0 Å². The first-order valence-corrected chi connectivity index (χ1v) is 4.14. The fourth-order valence-electron chi connectivity index (χ4n) is 1.20. The van der Waals surface area contributed by atoms with Gasteiger partial charge in [-0.15, -0.1) is 0 Å². The number of aromatic nitrogens is 3. The number of hydrogen-bond donors (Lipinski definition) is 2. The summed E-state index contributed by atoms with van der Waals surface area (Å²) in [6, 6.07) is 5.47. The van der Waals surface area contributed by atoms with Crippen LogP contribution in [0.25, 0.3) is 0 Å². The van der Waals surface area contributed by atoms with E-state index in [2.05, 4.69) is 9.97 Å². The van der Waals surface area contributed by atoms with Crippen LogP contribution in [-0.4, -0.2) is 19.6 Å². The molecule has 5 heteroatoms. The van der Waals surface area contributed by atoms with Crippen molar-refractivity contribution in [1.29, 1.82) is 0 Å². The van der Waals surface area contributed by atoms with E-state index in [9.17, 15) is 4.79 Å². The Hall–Kier alpha value is -2.04. The van der Waals surface area contributed by atoms with Crippen LogP contribution in [-0.2, 0) is 6.54 Å². The number of hydrogen-bond acceptors (Lipinski definition) is 3. The molecule has 0 aliphatic heterocycles. The standard InChI is InChI=1S/C9H9N3O2/c13-8-6-12(9(14)11-8)5-7-3-1-2-4-10-7/h1-4,6,13H,5H2,(H,11,14). The van der Waals surface area contributed by atoms with Crippen molar-refractivity contribution in [1.82, 2.24) is 14.5 Å². The van der Waals surface area contributed by atoms with E-state index in [1.165, 1.54) is 10.8 Å². The molecule has 0 atom stereocenters. The van der Waals surface area contributed by atoms with Crippen molar-refractivity contribution in [2.75, 3.05) is 0 Å². The summed E-state index contributed by atoms with van der Waals surface area (Å²) in [6.07, 6.45) is 3.00. The average Bonchev–Trinajstić information content (AvgIpc) is 2.47. The largest absolute Gasteiger partial charge is 0.493 e. The Morgan fingerprint density at radius 1 is 1.50 bits per heavy atom. The minimum atomic E-state index is -0.340. The zero-order chi connectivity index (χ0) is 9.97. The molecule has 0 spiro atoms. The van der Waals surface area contributed by atoms with Crippen molar-refractivity contribution in [3.05, 3.63) is 46.8 Å². The highest BCUT2D eigenvalue weighted by Gasteiger charge is 2.01. The van der Waals surface area contributed by atoms with Crippen molar-refractivity contribution in [2.45, 2.75) is 6.54 Å². The molecule has 0 bridgehead atoms. The van der Waals surface area contributed by atoms with E-state index < -0.39 is 0 Å². The number of aromatic amines is 1. The van der Waals surface area contributed by atoms with Gasteiger partial charge in [0.25, 0.3) is 0 Å². The van der Waals surface area contributed by atoms with Crippen LogP contribution in [0.2, 0.25) is 0 Å². The molecule has 2 N–H and O–H groups in total. The minimum Gasteiger partial charge on any atom is -0.493 e. The van der Waals surface area contributed by atoms with E-state index in [0.717, 1.165) is 5.69 Å². The third-order valence-corrected chi connectivity index (χ3v) is 1.83. The maximum Gasteiger partial charge on any atom is 0.328 e. The number of H-pyrrole nitrogens is 1. The summed E-state index contributed by atoms with van der Waals surface area (Å²) in [5, 5.41) is 9.02. The molecule has 2 rings (SSSR count). The fraction of sp³-hybridized carbons (Fsp3) is 0.111. The number of imidazole rings is 1. The number of aromatic hydroxyl groups is 1. The van der Waals surface area contributed by atoms with E-state index >= 15 is 0 Å². The summed E-state index contributed by atoms with van der Waals surface area (Å²) in [5.74, 6) is -0.133. The highest BCUT2D eigenvalue weighted by molar-refractivity contribution is 5.07. The van der Waals surface area contributed by atoms with Crippen LogP contribution >= 0.6 is 0 Å². The molecule has 72 valence electrons. The summed E-state index contributed by atoms with van der Waals surface area (Å²) < 4.78 is 1.36. The van der Waals surface area contributed by atoms with Crippen molar-refractivity contribution in [2.24, 2.45) is 0 Å². The Morgan fingerprint density at radius 2 is 2.36 bits per heavy atom. The predicted molar refractivity (Wildman–Crippen MR) is 50.1 cm³/mol. The number of pyridine rings is 1. The lowest BCUT2D eigenvalue weighted by Gasteiger charge is -1.98. The summed E-state index contributed by atoms with van der Waals surface area (Å²) >= 11 is 0. The Kier molecular flexibility index (Phi) is 2.06. The van der Waals surface area contributed by atoms with Gasteiger partial charge in [0.2, 0.25) is 5.88 Å². The first-order chi connectivity index (χ1) is 6.75. The molecule has 14 heavy (non-hydrogen) atoms. The van der Waals surface area contributed by atoms with Gasteiger partial charge in [-0.2, -0.15) is 0 Å². The SMILES string of the molecule is O=c1[nH]c(O)cn1Cc1ccccn1. The van der Waals surface area contributed by atoms with Gasteiger partial charge in [-0.1, -0.05) is 6.07 Å². The second-order valence-electron chi connectivity index (χ2n) is 2.89. The molecule has 0 saturated heterocycles. The predicted octanol–water partition coefficient (Wildman–Crippen LogP) is 0.325. The molecular formula is C9H9N3O2. The monoisotopic (exact) mass is 191 g/mol. The van der Waals surface area contributed by atoms with Crippen LogP contribution < -0.4 is 5.69 Å². The van der Waals surface area contributed by atoms with Crippen molar-refractivity contribution >= 4 is 0 Å². The molecule has 0 amide bonds. The number of rotatable bonds is 2. The lowest BCUT2D eigenvalue weighted by molar-refractivity contribution is 0.455. The molecule has 0 aliphatic carbocycles. The van der Waals surface area contributed by atoms with E-state index in [1.807, 2.05) is 12.1 Å². The van der Waals surface area contributed by atoms with Crippen molar-refractivity contribution < 1.29 is 5.11 Å². The zero-order valence-corrected chi connectivity index (χ0v) is 7.34. The molecule has 2 aromatic heterocycles. The average molecular weight is 191 g/mol. The summed E-state index contributed by atoms with van der Waals surface area (Å²) in [4.78, 5) is 17.5. The van der Waals surface area contributed by atoms with E-state index in [4.69, 9.17) is 5.11 Å². The molecule has 5 nitrogen and oxygen atoms in total. The molecule has 0 saturated carbocycles. The normalized spacial score (nSPS) is 10.3. The number of nitrogens with one attached hydrogen (secondary N) is 1. The van der Waals surface area contributed by atoms with Gasteiger partial charge in [-0.25, -0.2) is 4.79 Å². The third-order valence-electron chi connectivity index (χ3n) is 1.83.